The SMILES string of the molecule is CCC[C@@]1(O)CC[C@H]2[C@@H](CC[C@@H]3[C@@H]2CC[C@]2(C)[C@@H]([C@@H](C)Cn4cc(C#N)cn4)CC[C@@H]32)C1. The Morgan fingerprint density at radius 3 is 2.72 bits per heavy atom. The third kappa shape index (κ3) is 3.73. The van der Waals surface area contributed by atoms with Gasteiger partial charge in [0, 0.05) is 12.7 Å². The molecule has 4 fully saturated rings. The minimum absolute atomic E-state index is 0.363. The highest BCUT2D eigenvalue weighted by Crippen LogP contribution is 2.65. The van der Waals surface area contributed by atoms with Crippen molar-refractivity contribution in [1.82, 2.24) is 9.78 Å². The van der Waals surface area contributed by atoms with Crippen LogP contribution in [0.1, 0.15) is 97.0 Å². The molecule has 1 heterocycles. The molecule has 5 rings (SSSR count). The van der Waals surface area contributed by atoms with Crippen molar-refractivity contribution in [3.8, 4) is 6.07 Å². The van der Waals surface area contributed by atoms with E-state index < -0.39 is 0 Å². The highest BCUT2D eigenvalue weighted by molar-refractivity contribution is 5.21. The maximum atomic E-state index is 11.1. The lowest BCUT2D eigenvalue weighted by molar-refractivity contribution is -0.110. The van der Waals surface area contributed by atoms with E-state index in [1.54, 1.807) is 6.20 Å². The van der Waals surface area contributed by atoms with Gasteiger partial charge in [0.2, 0.25) is 0 Å². The zero-order chi connectivity index (χ0) is 22.5. The van der Waals surface area contributed by atoms with Crippen LogP contribution in [0.15, 0.2) is 12.4 Å². The summed E-state index contributed by atoms with van der Waals surface area (Å²) in [6.07, 6.45) is 17.4. The second-order valence-corrected chi connectivity index (χ2v) is 12.4. The number of nitrogens with zero attached hydrogens (tertiary/aromatic N) is 3. The maximum absolute atomic E-state index is 11.1. The topological polar surface area (TPSA) is 61.8 Å². The van der Waals surface area contributed by atoms with E-state index in [2.05, 4.69) is 31.9 Å². The van der Waals surface area contributed by atoms with Crippen molar-refractivity contribution in [2.45, 2.75) is 104 Å². The summed E-state index contributed by atoms with van der Waals surface area (Å²) in [5, 5.41) is 24.7. The molecule has 1 N–H and O–H groups in total. The lowest BCUT2D eigenvalue weighted by Crippen LogP contribution is -2.51. The van der Waals surface area contributed by atoms with Crippen molar-refractivity contribution < 1.29 is 5.11 Å². The predicted molar refractivity (Wildman–Crippen MR) is 127 cm³/mol. The molecule has 0 amide bonds. The van der Waals surface area contributed by atoms with Gasteiger partial charge in [-0.25, -0.2) is 0 Å². The summed E-state index contributed by atoms with van der Waals surface area (Å²) in [5.74, 6) is 5.73. The van der Waals surface area contributed by atoms with Gasteiger partial charge in [-0.3, -0.25) is 4.68 Å². The molecule has 9 atom stereocenters. The number of aliphatic hydroxyl groups is 1. The Morgan fingerprint density at radius 1 is 1.16 bits per heavy atom. The summed E-state index contributed by atoms with van der Waals surface area (Å²) in [5.41, 5.74) is 0.775. The van der Waals surface area contributed by atoms with Crippen LogP contribution >= 0.6 is 0 Å². The Bertz CT molecular complexity index is 857. The molecule has 4 nitrogen and oxygen atoms in total. The van der Waals surface area contributed by atoms with E-state index in [1.807, 2.05) is 10.9 Å². The monoisotopic (exact) mass is 437 g/mol. The van der Waals surface area contributed by atoms with Crippen LogP contribution in [-0.4, -0.2) is 20.5 Å². The predicted octanol–water partition coefficient (Wildman–Crippen LogP) is 6.19. The van der Waals surface area contributed by atoms with Crippen molar-refractivity contribution in [3.05, 3.63) is 18.0 Å². The Morgan fingerprint density at radius 2 is 1.97 bits per heavy atom. The first-order valence-electron chi connectivity index (χ1n) is 13.5. The van der Waals surface area contributed by atoms with Crippen LogP contribution < -0.4 is 0 Å². The molecule has 0 unspecified atom stereocenters. The van der Waals surface area contributed by atoms with Crippen molar-refractivity contribution >= 4 is 0 Å². The molecule has 0 spiro atoms. The van der Waals surface area contributed by atoms with Crippen LogP contribution in [0.2, 0.25) is 0 Å². The molecule has 1 aromatic rings. The Hall–Kier alpha value is -1.34. The lowest BCUT2D eigenvalue weighted by atomic mass is 9.48. The number of hydrogen-bond donors (Lipinski definition) is 1. The molecule has 4 heteroatoms. The Kier molecular flexibility index (Phi) is 5.94. The van der Waals surface area contributed by atoms with Gasteiger partial charge in [0.1, 0.15) is 6.07 Å². The van der Waals surface area contributed by atoms with Crippen LogP contribution in [0.4, 0.5) is 0 Å². The summed E-state index contributed by atoms with van der Waals surface area (Å²) in [6, 6.07) is 2.21. The maximum Gasteiger partial charge on any atom is 0.102 e. The van der Waals surface area contributed by atoms with Crippen LogP contribution in [0, 0.1) is 58.2 Å². The molecule has 0 aliphatic heterocycles. The summed E-state index contributed by atoms with van der Waals surface area (Å²) >= 11 is 0. The van der Waals surface area contributed by atoms with Gasteiger partial charge in [-0.15, -0.1) is 0 Å². The smallest absolute Gasteiger partial charge is 0.102 e. The lowest BCUT2D eigenvalue weighted by Gasteiger charge is -2.57. The summed E-state index contributed by atoms with van der Waals surface area (Å²) in [7, 11) is 0. The molecule has 0 saturated heterocycles. The van der Waals surface area contributed by atoms with E-state index in [1.165, 1.54) is 44.9 Å². The van der Waals surface area contributed by atoms with Gasteiger partial charge in [0.25, 0.3) is 0 Å². The molecule has 4 aliphatic rings. The summed E-state index contributed by atoms with van der Waals surface area (Å²) in [4.78, 5) is 0. The first-order valence-corrected chi connectivity index (χ1v) is 13.5. The van der Waals surface area contributed by atoms with E-state index in [0.29, 0.717) is 16.9 Å². The molecule has 0 aromatic carbocycles. The Balaban J connectivity index is 1.27. The van der Waals surface area contributed by atoms with E-state index in [4.69, 9.17) is 5.26 Å². The Labute approximate surface area is 194 Å². The average Bonchev–Trinajstić information content (AvgIpc) is 3.36. The van der Waals surface area contributed by atoms with Gasteiger partial charge in [-0.2, -0.15) is 10.4 Å². The van der Waals surface area contributed by atoms with E-state index >= 15 is 0 Å². The third-order valence-corrected chi connectivity index (χ3v) is 10.8. The molecule has 1 aromatic heterocycles. The summed E-state index contributed by atoms with van der Waals surface area (Å²) in [6.45, 7) is 8.20. The van der Waals surface area contributed by atoms with Crippen molar-refractivity contribution in [2.75, 3.05) is 0 Å². The molecule has 0 bridgehead atoms. The van der Waals surface area contributed by atoms with Crippen molar-refractivity contribution in [3.63, 3.8) is 0 Å². The largest absolute Gasteiger partial charge is 0.390 e. The normalized spacial score (nSPS) is 44.2. The van der Waals surface area contributed by atoms with Gasteiger partial charge in [-0.05, 0) is 111 Å². The molecule has 32 heavy (non-hydrogen) atoms. The minimum atomic E-state index is -0.363. The van der Waals surface area contributed by atoms with Gasteiger partial charge in [0.15, 0.2) is 0 Å². The zero-order valence-corrected chi connectivity index (χ0v) is 20.5. The van der Waals surface area contributed by atoms with Crippen molar-refractivity contribution in [1.29, 1.82) is 5.26 Å². The molecular weight excluding hydrogens is 394 g/mol. The standard InChI is InChI=1S/C28H43N3O/c1-4-11-28(32)13-10-22-21(14-28)5-6-24-23(22)9-12-27(3)25(7-8-26(24)27)19(2)17-31-18-20(15-29)16-30-31/h16,18-19,21-26,32H,4-14,17H2,1-3H3/t19-,21-,22-,23+,24+,25+,26-,27+,28+/m0/s1. The minimum Gasteiger partial charge on any atom is -0.390 e. The fourth-order valence-corrected chi connectivity index (χ4v) is 9.57. The van der Waals surface area contributed by atoms with Crippen molar-refractivity contribution in [2.24, 2.45) is 46.8 Å². The molecule has 176 valence electrons. The average molecular weight is 438 g/mol. The van der Waals surface area contributed by atoms with Crippen LogP contribution in [0.25, 0.3) is 0 Å². The van der Waals surface area contributed by atoms with Gasteiger partial charge in [0.05, 0.1) is 17.4 Å². The van der Waals surface area contributed by atoms with Gasteiger partial charge < -0.3 is 5.11 Å². The van der Waals surface area contributed by atoms with E-state index in [-0.39, 0.29) is 5.60 Å². The quantitative estimate of drug-likeness (QED) is 0.597. The second-order valence-electron chi connectivity index (χ2n) is 12.4. The summed E-state index contributed by atoms with van der Waals surface area (Å²) < 4.78 is 2.00. The molecule has 4 aliphatic carbocycles. The van der Waals surface area contributed by atoms with Crippen LogP contribution in [0.3, 0.4) is 0 Å². The first kappa shape index (κ1) is 22.5. The van der Waals surface area contributed by atoms with Crippen LogP contribution in [-0.2, 0) is 6.54 Å². The first-order chi connectivity index (χ1) is 15.4. The van der Waals surface area contributed by atoms with Gasteiger partial charge >= 0.3 is 0 Å². The number of aromatic nitrogens is 2. The fraction of sp³-hybridized carbons (Fsp3) is 0.857. The number of hydrogen-bond acceptors (Lipinski definition) is 3. The molecule has 4 saturated carbocycles. The second kappa shape index (κ2) is 8.46. The number of rotatable bonds is 5. The number of fused-ring (bicyclic) bond motifs is 5. The van der Waals surface area contributed by atoms with Gasteiger partial charge in [-0.1, -0.05) is 27.2 Å². The fourth-order valence-electron chi connectivity index (χ4n) is 9.57. The zero-order valence-electron chi connectivity index (χ0n) is 20.5. The van der Waals surface area contributed by atoms with E-state index in [0.717, 1.165) is 67.7 Å². The molecule has 0 radical (unpaired) electrons. The third-order valence-electron chi connectivity index (χ3n) is 10.8. The van der Waals surface area contributed by atoms with E-state index in [9.17, 15) is 5.11 Å². The highest BCUT2D eigenvalue weighted by atomic mass is 16.3. The number of nitriles is 1. The molecular formula is C28H43N3O. The van der Waals surface area contributed by atoms with Crippen LogP contribution in [0.5, 0.6) is 0 Å². The highest BCUT2D eigenvalue weighted by Gasteiger charge is 2.58.